The van der Waals surface area contributed by atoms with Crippen molar-refractivity contribution in [3.63, 3.8) is 0 Å². The minimum Gasteiger partial charge on any atom is -0.462 e. The molecule has 57 heavy (non-hydrogen) atoms. The zero-order valence-electron chi connectivity index (χ0n) is 36.6. The van der Waals surface area contributed by atoms with Crippen LogP contribution in [0.2, 0.25) is 0 Å². The highest BCUT2D eigenvalue weighted by molar-refractivity contribution is 5.70. The molecule has 0 aliphatic carbocycles. The standard InChI is InChI=1S/C47H88O10/c1-3-5-7-9-11-13-15-17-18-19-20-21-22-24-26-28-30-32-34-36-43(50)56-40(39-55-47-46(53)45(52)44(51)41(37-48)57-47)38-54-42(49)35-33-31-29-27-25-23-16-14-12-10-8-6-4-2/h17-18,40-41,44-48,51-53H,3-16,19-39H2,1-2H3/b18-17+/t40-,41-,44+,45?,46?,47-/m1/s1. The topological polar surface area (TPSA) is 152 Å². The van der Waals surface area contributed by atoms with Crippen molar-refractivity contribution in [3.8, 4) is 0 Å². The number of aliphatic hydroxyl groups is 4. The average Bonchev–Trinajstić information content (AvgIpc) is 3.21. The second-order valence-electron chi connectivity index (χ2n) is 16.6. The van der Waals surface area contributed by atoms with Gasteiger partial charge in [0.05, 0.1) is 13.2 Å². The Hall–Kier alpha value is -1.56. The van der Waals surface area contributed by atoms with Gasteiger partial charge in [-0.2, -0.15) is 0 Å². The molecule has 0 saturated carbocycles. The van der Waals surface area contributed by atoms with Crippen molar-refractivity contribution in [2.24, 2.45) is 0 Å². The maximum Gasteiger partial charge on any atom is 0.306 e. The molecule has 0 aromatic carbocycles. The Balaban J connectivity index is 2.28. The first-order chi connectivity index (χ1) is 27.8. The molecule has 1 saturated heterocycles. The summed E-state index contributed by atoms with van der Waals surface area (Å²) in [6.07, 6.45) is 33.6. The van der Waals surface area contributed by atoms with Crippen molar-refractivity contribution in [1.82, 2.24) is 0 Å². The summed E-state index contributed by atoms with van der Waals surface area (Å²) in [6.45, 7) is 3.44. The highest BCUT2D eigenvalue weighted by Crippen LogP contribution is 2.23. The zero-order chi connectivity index (χ0) is 41.6. The van der Waals surface area contributed by atoms with Crippen molar-refractivity contribution >= 4 is 11.9 Å². The summed E-state index contributed by atoms with van der Waals surface area (Å²) >= 11 is 0. The molecule has 6 atom stereocenters. The molecule has 10 heteroatoms. The van der Waals surface area contributed by atoms with Gasteiger partial charge in [-0.05, 0) is 38.5 Å². The number of aliphatic hydroxyl groups excluding tert-OH is 4. The molecule has 0 radical (unpaired) electrons. The Morgan fingerprint density at radius 2 is 0.930 bits per heavy atom. The van der Waals surface area contributed by atoms with E-state index in [1.807, 2.05) is 0 Å². The van der Waals surface area contributed by atoms with Crippen LogP contribution < -0.4 is 0 Å². The van der Waals surface area contributed by atoms with Gasteiger partial charge in [0.2, 0.25) is 0 Å². The van der Waals surface area contributed by atoms with E-state index >= 15 is 0 Å². The summed E-state index contributed by atoms with van der Waals surface area (Å²) < 4.78 is 22.2. The second-order valence-corrected chi connectivity index (χ2v) is 16.6. The zero-order valence-corrected chi connectivity index (χ0v) is 36.6. The molecule has 1 heterocycles. The molecule has 2 unspecified atom stereocenters. The lowest BCUT2D eigenvalue weighted by Crippen LogP contribution is -2.59. The molecule has 0 aromatic heterocycles. The molecular weight excluding hydrogens is 725 g/mol. The third kappa shape index (κ3) is 30.2. The van der Waals surface area contributed by atoms with E-state index in [2.05, 4.69) is 26.0 Å². The lowest BCUT2D eigenvalue weighted by molar-refractivity contribution is -0.305. The van der Waals surface area contributed by atoms with Crippen LogP contribution in [0, 0.1) is 0 Å². The Kier molecular flexibility index (Phi) is 36.2. The summed E-state index contributed by atoms with van der Waals surface area (Å²) in [7, 11) is 0. The molecule has 0 spiro atoms. The van der Waals surface area contributed by atoms with E-state index in [0.29, 0.717) is 6.42 Å². The van der Waals surface area contributed by atoms with E-state index in [1.54, 1.807) is 0 Å². The second kappa shape index (κ2) is 38.6. The number of esters is 2. The van der Waals surface area contributed by atoms with Crippen LogP contribution >= 0.6 is 0 Å². The number of allylic oxidation sites excluding steroid dienone is 2. The van der Waals surface area contributed by atoms with Crippen LogP contribution in [0.25, 0.3) is 0 Å². The van der Waals surface area contributed by atoms with Gasteiger partial charge in [0.25, 0.3) is 0 Å². The van der Waals surface area contributed by atoms with Crippen molar-refractivity contribution < 1.29 is 49.0 Å². The lowest BCUT2D eigenvalue weighted by Gasteiger charge is -2.39. The summed E-state index contributed by atoms with van der Waals surface area (Å²) in [6, 6.07) is 0. The monoisotopic (exact) mass is 813 g/mol. The third-order valence-electron chi connectivity index (χ3n) is 11.2. The van der Waals surface area contributed by atoms with E-state index in [0.717, 1.165) is 38.5 Å². The van der Waals surface area contributed by atoms with Crippen molar-refractivity contribution in [1.29, 1.82) is 0 Å². The molecule has 1 aliphatic rings. The smallest absolute Gasteiger partial charge is 0.306 e. The van der Waals surface area contributed by atoms with E-state index < -0.39 is 49.4 Å². The van der Waals surface area contributed by atoms with Crippen LogP contribution in [-0.2, 0) is 28.5 Å². The van der Waals surface area contributed by atoms with E-state index in [1.165, 1.54) is 148 Å². The molecule has 1 aliphatic heterocycles. The molecule has 1 fully saturated rings. The number of carbonyl (C=O) groups is 2. The van der Waals surface area contributed by atoms with Gasteiger partial charge in [-0.1, -0.05) is 180 Å². The molecule has 1 rings (SSSR count). The normalized spacial score (nSPS) is 20.3. The first-order valence-corrected chi connectivity index (χ1v) is 23.8. The molecule has 10 nitrogen and oxygen atoms in total. The summed E-state index contributed by atoms with van der Waals surface area (Å²) in [5.74, 6) is -0.798. The number of rotatable bonds is 40. The highest BCUT2D eigenvalue weighted by atomic mass is 16.7. The largest absolute Gasteiger partial charge is 0.462 e. The molecule has 336 valence electrons. The fourth-order valence-corrected chi connectivity index (χ4v) is 7.36. The number of ether oxygens (including phenoxy) is 4. The lowest BCUT2D eigenvalue weighted by atomic mass is 9.99. The Morgan fingerprint density at radius 1 is 0.526 bits per heavy atom. The maximum absolute atomic E-state index is 12.8. The minimum atomic E-state index is -1.59. The average molecular weight is 813 g/mol. The minimum absolute atomic E-state index is 0.212. The Labute approximate surface area is 348 Å². The third-order valence-corrected chi connectivity index (χ3v) is 11.2. The van der Waals surface area contributed by atoms with Gasteiger partial charge in [0.15, 0.2) is 12.4 Å². The number of hydrogen-bond acceptors (Lipinski definition) is 10. The van der Waals surface area contributed by atoms with Crippen LogP contribution in [0.3, 0.4) is 0 Å². The van der Waals surface area contributed by atoms with E-state index in [4.69, 9.17) is 18.9 Å². The summed E-state index contributed by atoms with van der Waals surface area (Å²) in [5, 5.41) is 40.1. The first-order valence-electron chi connectivity index (χ1n) is 23.8. The van der Waals surface area contributed by atoms with Gasteiger partial charge in [-0.15, -0.1) is 0 Å². The van der Waals surface area contributed by atoms with Gasteiger partial charge in [-0.25, -0.2) is 0 Å². The van der Waals surface area contributed by atoms with Crippen LogP contribution in [0.5, 0.6) is 0 Å². The van der Waals surface area contributed by atoms with Crippen molar-refractivity contribution in [3.05, 3.63) is 12.2 Å². The van der Waals surface area contributed by atoms with Gasteiger partial charge in [-0.3, -0.25) is 9.59 Å². The number of hydrogen-bond donors (Lipinski definition) is 4. The Bertz CT molecular complexity index is 943. The van der Waals surface area contributed by atoms with Crippen LogP contribution in [0.15, 0.2) is 12.2 Å². The SMILES string of the molecule is CCCCCCCC/C=C/CCCCCCCCCCCC(=O)O[C@H](COC(=O)CCCCCCCCCCCCCCC)CO[C@@H]1O[C@H](CO)[C@H](O)C(O)C1O. The summed E-state index contributed by atoms with van der Waals surface area (Å²) in [5.41, 5.74) is 0. The quantitative estimate of drug-likeness (QED) is 0.0267. The van der Waals surface area contributed by atoms with E-state index in [9.17, 15) is 30.0 Å². The van der Waals surface area contributed by atoms with Crippen LogP contribution in [0.1, 0.15) is 219 Å². The van der Waals surface area contributed by atoms with Gasteiger partial charge < -0.3 is 39.4 Å². The predicted octanol–water partition coefficient (Wildman–Crippen LogP) is 10.3. The van der Waals surface area contributed by atoms with Crippen molar-refractivity contribution in [2.75, 3.05) is 19.8 Å². The first kappa shape index (κ1) is 53.5. The Morgan fingerprint density at radius 3 is 1.37 bits per heavy atom. The number of unbranched alkanes of at least 4 members (excludes halogenated alkanes) is 27. The molecule has 4 N–H and O–H groups in total. The van der Waals surface area contributed by atoms with Gasteiger partial charge in [0, 0.05) is 12.8 Å². The van der Waals surface area contributed by atoms with Crippen molar-refractivity contribution in [2.45, 2.75) is 256 Å². The maximum atomic E-state index is 12.8. The fraction of sp³-hybridized carbons (Fsp3) is 0.915. The summed E-state index contributed by atoms with van der Waals surface area (Å²) in [4.78, 5) is 25.3. The van der Waals surface area contributed by atoms with E-state index in [-0.39, 0.29) is 32.0 Å². The fourth-order valence-electron chi connectivity index (χ4n) is 7.36. The highest BCUT2D eigenvalue weighted by Gasteiger charge is 2.44. The molecular formula is C47H88O10. The van der Waals surface area contributed by atoms with Gasteiger partial charge in [0.1, 0.15) is 31.0 Å². The number of carbonyl (C=O) groups excluding carboxylic acids is 2. The predicted molar refractivity (Wildman–Crippen MR) is 229 cm³/mol. The molecule has 0 bridgehead atoms. The molecule has 0 aromatic rings. The van der Waals surface area contributed by atoms with Crippen LogP contribution in [0.4, 0.5) is 0 Å². The van der Waals surface area contributed by atoms with Crippen LogP contribution in [-0.4, -0.2) is 89.0 Å². The van der Waals surface area contributed by atoms with Gasteiger partial charge >= 0.3 is 11.9 Å². The molecule has 0 amide bonds.